The van der Waals surface area contributed by atoms with Gasteiger partial charge in [-0.2, -0.15) is 4.72 Å². The van der Waals surface area contributed by atoms with Crippen molar-refractivity contribution in [1.82, 2.24) is 4.72 Å². The molecule has 0 spiro atoms. The third-order valence-corrected chi connectivity index (χ3v) is 7.21. The second-order valence-corrected chi connectivity index (χ2v) is 10.5. The Kier molecular flexibility index (Phi) is 10.1. The number of Topliss-reactive ketones (excluding diaryl/α,β-unsaturated/α-hetero) is 1. The van der Waals surface area contributed by atoms with Crippen molar-refractivity contribution < 1.29 is 37.4 Å². The molecular weight excluding hydrogens is 529 g/mol. The van der Waals surface area contributed by atoms with Crippen molar-refractivity contribution in [3.8, 4) is 0 Å². The Bertz CT molecular complexity index is 1200. The van der Waals surface area contributed by atoms with Gasteiger partial charge < -0.3 is 9.84 Å². The predicted octanol–water partition coefficient (Wildman–Crippen LogP) is 3.32. The highest BCUT2D eigenvalue weighted by Crippen LogP contribution is 2.25. The summed E-state index contributed by atoms with van der Waals surface area (Å²) in [5.74, 6) is -3.24. The van der Waals surface area contributed by atoms with Crippen LogP contribution < -0.4 is 4.72 Å². The number of benzene rings is 2. The number of nitrogens with one attached hydrogen (secondary N) is 1. The minimum Gasteiger partial charge on any atom is -0.481 e. The molecule has 182 valence electrons. The van der Waals surface area contributed by atoms with Gasteiger partial charge in [0.1, 0.15) is 0 Å². The van der Waals surface area contributed by atoms with Gasteiger partial charge in [0.05, 0.1) is 33.0 Å². The Hall–Kier alpha value is -2.44. The quantitative estimate of drug-likeness (QED) is 0.404. The molecule has 1 atom stereocenters. The van der Waals surface area contributed by atoms with Crippen LogP contribution in [0, 0.1) is 0 Å². The van der Waals surface area contributed by atoms with E-state index >= 15 is 0 Å². The summed E-state index contributed by atoms with van der Waals surface area (Å²) < 4.78 is 32.5. The number of thioether (sulfide) groups is 1. The zero-order chi connectivity index (χ0) is 25.5. The molecular formula is C21H19Cl2NO8S2. The molecule has 0 aliphatic rings. The monoisotopic (exact) mass is 547 g/mol. The average molecular weight is 548 g/mol. The SMILES string of the molecule is CC(=O)SCc1cccc(S(=O)(=O)NC(CC(=O)O)C(=O)COC(=O)c2c(Cl)cccc2Cl)c1. The topological polar surface area (TPSA) is 144 Å². The van der Waals surface area contributed by atoms with E-state index in [0.717, 1.165) is 11.8 Å². The van der Waals surface area contributed by atoms with Crippen molar-refractivity contribution in [2.45, 2.75) is 30.0 Å². The standard InChI is InChI=1S/C21H19Cl2NO8S2/c1-12(25)33-11-13-4-2-5-14(8-13)34(30,31)24-17(9-19(27)28)18(26)10-32-21(29)20-15(22)6-3-7-16(20)23/h2-8,17,24H,9-11H2,1H3,(H,27,28). The number of carbonyl (C=O) groups excluding carboxylic acids is 3. The summed E-state index contributed by atoms with van der Waals surface area (Å²) in [7, 11) is -4.33. The number of carboxylic acid groups (broad SMARTS) is 1. The Morgan fingerprint density at radius 1 is 1.09 bits per heavy atom. The van der Waals surface area contributed by atoms with Gasteiger partial charge in [0, 0.05) is 12.7 Å². The molecule has 0 saturated carbocycles. The van der Waals surface area contributed by atoms with E-state index in [-0.39, 0.29) is 31.4 Å². The van der Waals surface area contributed by atoms with Gasteiger partial charge in [0.2, 0.25) is 10.0 Å². The summed E-state index contributed by atoms with van der Waals surface area (Å²) >= 11 is 12.8. The van der Waals surface area contributed by atoms with E-state index in [2.05, 4.69) is 0 Å². The van der Waals surface area contributed by atoms with Crippen LogP contribution in [-0.4, -0.2) is 49.0 Å². The molecule has 2 rings (SSSR count). The molecule has 0 aliphatic heterocycles. The molecule has 0 saturated heterocycles. The molecule has 9 nitrogen and oxygen atoms in total. The number of carbonyl (C=O) groups is 4. The third kappa shape index (κ3) is 8.10. The molecule has 0 aromatic heterocycles. The molecule has 0 amide bonds. The van der Waals surface area contributed by atoms with E-state index in [9.17, 15) is 27.6 Å². The Labute approximate surface area is 209 Å². The van der Waals surface area contributed by atoms with Gasteiger partial charge in [-0.25, -0.2) is 13.2 Å². The van der Waals surface area contributed by atoms with Crippen molar-refractivity contribution in [1.29, 1.82) is 0 Å². The van der Waals surface area contributed by atoms with Crippen molar-refractivity contribution >= 4 is 67.8 Å². The molecule has 0 heterocycles. The largest absolute Gasteiger partial charge is 0.481 e. The summed E-state index contributed by atoms with van der Waals surface area (Å²) in [5, 5.41) is 8.95. The lowest BCUT2D eigenvalue weighted by Crippen LogP contribution is -2.44. The van der Waals surface area contributed by atoms with Crippen LogP contribution in [0.3, 0.4) is 0 Å². The molecule has 0 bridgehead atoms. The molecule has 2 aromatic carbocycles. The van der Waals surface area contributed by atoms with Gasteiger partial charge in [-0.1, -0.05) is 53.2 Å². The van der Waals surface area contributed by atoms with Crippen molar-refractivity contribution in [2.75, 3.05) is 6.61 Å². The molecule has 0 fully saturated rings. The molecule has 1 unspecified atom stereocenters. The first-order valence-electron chi connectivity index (χ1n) is 9.51. The Morgan fingerprint density at radius 3 is 2.29 bits per heavy atom. The van der Waals surface area contributed by atoms with Crippen LogP contribution in [-0.2, 0) is 34.9 Å². The van der Waals surface area contributed by atoms with Gasteiger partial charge in [-0.15, -0.1) is 0 Å². The van der Waals surface area contributed by atoms with Gasteiger partial charge in [-0.05, 0) is 29.8 Å². The Balaban J connectivity index is 2.16. The summed E-state index contributed by atoms with van der Waals surface area (Å²) in [5.41, 5.74) is 0.351. The zero-order valence-electron chi connectivity index (χ0n) is 17.6. The van der Waals surface area contributed by atoms with Gasteiger partial charge in [0.15, 0.2) is 17.5 Å². The minimum absolute atomic E-state index is 0.0180. The molecule has 34 heavy (non-hydrogen) atoms. The highest BCUT2D eigenvalue weighted by Gasteiger charge is 2.29. The van der Waals surface area contributed by atoms with Crippen LogP contribution in [0.5, 0.6) is 0 Å². The fraction of sp³-hybridized carbons (Fsp3) is 0.238. The van der Waals surface area contributed by atoms with Crippen LogP contribution >= 0.6 is 35.0 Å². The molecule has 2 aromatic rings. The van der Waals surface area contributed by atoms with E-state index < -0.39 is 46.8 Å². The smallest absolute Gasteiger partial charge is 0.341 e. The first kappa shape index (κ1) is 27.8. The summed E-state index contributed by atoms with van der Waals surface area (Å²) in [6.45, 7) is 0.456. The second-order valence-electron chi connectivity index (χ2n) is 6.84. The van der Waals surface area contributed by atoms with Crippen LogP contribution in [0.15, 0.2) is 47.4 Å². The molecule has 0 aliphatic carbocycles. The number of halogens is 2. The van der Waals surface area contributed by atoms with E-state index in [0.29, 0.717) is 5.56 Å². The normalized spacial score (nSPS) is 12.1. The highest BCUT2D eigenvalue weighted by atomic mass is 35.5. The number of rotatable bonds is 11. The maximum Gasteiger partial charge on any atom is 0.341 e. The second kappa shape index (κ2) is 12.3. The summed E-state index contributed by atoms with van der Waals surface area (Å²) in [4.78, 5) is 47.0. The van der Waals surface area contributed by atoms with Crippen molar-refractivity contribution in [2.24, 2.45) is 0 Å². The fourth-order valence-electron chi connectivity index (χ4n) is 2.64. The third-order valence-electron chi connectivity index (χ3n) is 4.23. The lowest BCUT2D eigenvalue weighted by atomic mass is 10.1. The van der Waals surface area contributed by atoms with E-state index in [1.54, 1.807) is 6.07 Å². The number of carboxylic acids is 1. The van der Waals surface area contributed by atoms with Crippen LogP contribution in [0.4, 0.5) is 0 Å². The zero-order valence-corrected chi connectivity index (χ0v) is 20.8. The number of ketones is 1. The van der Waals surface area contributed by atoms with E-state index in [1.165, 1.54) is 43.3 Å². The Morgan fingerprint density at radius 2 is 1.71 bits per heavy atom. The number of hydrogen-bond acceptors (Lipinski definition) is 8. The first-order chi connectivity index (χ1) is 15.9. The molecule has 0 radical (unpaired) electrons. The lowest BCUT2D eigenvalue weighted by molar-refractivity contribution is -0.139. The van der Waals surface area contributed by atoms with E-state index in [1.807, 2.05) is 4.72 Å². The van der Waals surface area contributed by atoms with Crippen LogP contribution in [0.25, 0.3) is 0 Å². The number of sulfonamides is 1. The minimum atomic E-state index is -4.33. The van der Waals surface area contributed by atoms with Crippen molar-refractivity contribution in [3.63, 3.8) is 0 Å². The number of aliphatic carboxylic acids is 1. The van der Waals surface area contributed by atoms with Crippen molar-refractivity contribution in [3.05, 3.63) is 63.6 Å². The lowest BCUT2D eigenvalue weighted by Gasteiger charge is -2.17. The predicted molar refractivity (Wildman–Crippen MR) is 127 cm³/mol. The maximum atomic E-state index is 12.8. The number of ether oxygens (including phenoxy) is 1. The van der Waals surface area contributed by atoms with Crippen LogP contribution in [0.1, 0.15) is 29.3 Å². The highest BCUT2D eigenvalue weighted by molar-refractivity contribution is 8.12. The van der Waals surface area contributed by atoms with Gasteiger partial charge >= 0.3 is 11.9 Å². The van der Waals surface area contributed by atoms with Crippen LogP contribution in [0.2, 0.25) is 10.0 Å². The molecule has 13 heteroatoms. The van der Waals surface area contributed by atoms with Gasteiger partial charge in [0.25, 0.3) is 0 Å². The first-order valence-corrected chi connectivity index (χ1v) is 12.7. The summed E-state index contributed by atoms with van der Waals surface area (Å²) in [6, 6.07) is 8.19. The summed E-state index contributed by atoms with van der Waals surface area (Å²) in [6.07, 6.45) is -0.887. The fourth-order valence-corrected chi connectivity index (χ4v) is 5.03. The van der Waals surface area contributed by atoms with E-state index in [4.69, 9.17) is 33.0 Å². The maximum absolute atomic E-state index is 12.8. The molecule has 2 N–H and O–H groups in total. The van der Waals surface area contributed by atoms with Gasteiger partial charge in [-0.3, -0.25) is 14.4 Å². The average Bonchev–Trinajstić information content (AvgIpc) is 2.75. The number of esters is 1. The number of hydrogen-bond donors (Lipinski definition) is 2.